The monoisotopic (exact) mass is 1040 g/mol. The number of hydrogen-bond acceptors (Lipinski definition) is 7. The number of halogens is 2. The lowest BCUT2D eigenvalue weighted by molar-refractivity contribution is -0.120. The van der Waals surface area contributed by atoms with Crippen molar-refractivity contribution in [3.05, 3.63) is 190 Å². The molecule has 0 spiro atoms. The van der Waals surface area contributed by atoms with E-state index in [2.05, 4.69) is 224 Å². The van der Waals surface area contributed by atoms with E-state index in [1.165, 1.54) is 132 Å². The molecule has 0 bridgehead atoms. The van der Waals surface area contributed by atoms with Gasteiger partial charge in [0.2, 0.25) is 5.91 Å². The number of anilines is 4. The van der Waals surface area contributed by atoms with Crippen LogP contribution >= 0.6 is 24.8 Å². The molecule has 0 fully saturated rings. The fraction of sp³-hybridized carbons (Fsp3) is 0.422. The number of nitrogens with zero attached hydrogens (tertiary/aromatic N) is 4. The Morgan fingerprint density at radius 1 is 0.486 bits per heavy atom. The van der Waals surface area contributed by atoms with Gasteiger partial charge in [-0.25, -0.2) is 0 Å². The van der Waals surface area contributed by atoms with Crippen molar-refractivity contribution >= 4 is 53.5 Å². The van der Waals surface area contributed by atoms with Gasteiger partial charge in [-0.1, -0.05) is 164 Å². The van der Waals surface area contributed by atoms with Crippen molar-refractivity contribution in [1.82, 2.24) is 10.6 Å². The summed E-state index contributed by atoms with van der Waals surface area (Å²) in [5.41, 5.74) is 22.3. The smallest absolute Gasteiger partial charge is 0.221 e. The third-order valence-electron chi connectivity index (χ3n) is 13.5. The van der Waals surface area contributed by atoms with E-state index in [1.807, 2.05) is 0 Å². The lowest BCUT2D eigenvalue weighted by Gasteiger charge is -2.19. The average molecular weight is 1050 g/mol. The van der Waals surface area contributed by atoms with Crippen LogP contribution in [-0.4, -0.2) is 84.4 Å². The van der Waals surface area contributed by atoms with Gasteiger partial charge in [0.25, 0.3) is 0 Å². The minimum absolute atomic E-state index is 0. The number of fused-ring (bicyclic) bond motifs is 4. The Labute approximate surface area is 460 Å². The van der Waals surface area contributed by atoms with Crippen LogP contribution in [0.4, 0.5) is 22.7 Å². The van der Waals surface area contributed by atoms with E-state index >= 15 is 0 Å². The molecule has 0 saturated heterocycles. The van der Waals surface area contributed by atoms with Crippen LogP contribution in [0.15, 0.2) is 146 Å². The van der Waals surface area contributed by atoms with Gasteiger partial charge in [0.05, 0.1) is 0 Å². The van der Waals surface area contributed by atoms with Crippen molar-refractivity contribution in [3.63, 3.8) is 0 Å². The van der Waals surface area contributed by atoms with Crippen molar-refractivity contribution < 1.29 is 4.79 Å². The molecule has 402 valence electrons. The van der Waals surface area contributed by atoms with E-state index in [-0.39, 0.29) is 30.7 Å². The predicted molar refractivity (Wildman–Crippen MR) is 326 cm³/mol. The molecule has 0 aromatic heterocycles. The van der Waals surface area contributed by atoms with Crippen LogP contribution in [0, 0.1) is 27.7 Å². The molecule has 6 aromatic carbocycles. The molecule has 4 N–H and O–H groups in total. The molecule has 8 nitrogen and oxygen atoms in total. The number of benzene rings is 6. The van der Waals surface area contributed by atoms with Gasteiger partial charge in [-0.3, -0.25) is 4.79 Å². The first-order chi connectivity index (χ1) is 35.0. The standard InChI is InChI=1S/C14H22N2.C12H16N2O.C11H16N2.C11H15N.2C8H10.2ClH/c1-12(2)15-9-5-10-16-11-8-13-6-3-4-7-14(13)16;1-13-12(15)7-9-14-8-6-10-4-2-3-5-11(10)14;12-7-3-8-13-9-6-10-4-1-2-5-11(10)13;1-2-8-12-9-7-10-5-3-4-6-11(10)12;2*1-7-3-5-8(2)6-4-7;;/h3-4,6-7,12,15H,5,8-11H2,1-2H3;2-5H,6-9H2,1H3,(H,13,15);1-2,4-5H,3,6-9,12H2;3-6H,2,7-9H2,1H3;2*3-6H,1-2H3;2*1H. The molecule has 10 rings (SSSR count). The van der Waals surface area contributed by atoms with E-state index < -0.39 is 0 Å². The second kappa shape index (κ2) is 34.9. The zero-order valence-corrected chi connectivity index (χ0v) is 47.9. The molecule has 4 aliphatic heterocycles. The van der Waals surface area contributed by atoms with Gasteiger partial charge in [-0.05, 0) is 132 Å². The van der Waals surface area contributed by atoms with Gasteiger partial charge < -0.3 is 36.0 Å². The summed E-state index contributed by atoms with van der Waals surface area (Å²) < 4.78 is 0. The summed E-state index contributed by atoms with van der Waals surface area (Å²) in [5, 5.41) is 6.11. The van der Waals surface area contributed by atoms with Crippen LogP contribution in [0.2, 0.25) is 0 Å². The Kier molecular flexibility index (Phi) is 29.6. The minimum atomic E-state index is 0. The topological polar surface area (TPSA) is 80.1 Å². The second-order valence-electron chi connectivity index (χ2n) is 19.8. The summed E-state index contributed by atoms with van der Waals surface area (Å²) >= 11 is 0. The third kappa shape index (κ3) is 21.4. The number of rotatable bonds is 13. The zero-order chi connectivity index (χ0) is 51.5. The van der Waals surface area contributed by atoms with Gasteiger partial charge >= 0.3 is 0 Å². The molecule has 0 atom stereocenters. The zero-order valence-electron chi connectivity index (χ0n) is 46.3. The quantitative estimate of drug-likeness (QED) is 0.0995. The SMILES string of the molecule is CC(C)NCCCN1CCc2ccccc21.CCCN1CCc2ccccc21.CNC(=O)CCN1CCc2ccccc21.Cc1ccc(C)cc1.Cc1ccc(C)cc1.Cl.Cl.NCCCN1CCc2ccccc21. The fourth-order valence-electron chi connectivity index (χ4n) is 9.40. The molecule has 4 aliphatic rings. The highest BCUT2D eigenvalue weighted by molar-refractivity contribution is 5.85. The number of hydrogen-bond donors (Lipinski definition) is 3. The van der Waals surface area contributed by atoms with E-state index in [0.29, 0.717) is 12.5 Å². The lowest BCUT2D eigenvalue weighted by Crippen LogP contribution is -2.28. The number of para-hydroxylation sites is 4. The van der Waals surface area contributed by atoms with Crippen LogP contribution in [-0.2, 0) is 30.5 Å². The molecule has 0 unspecified atom stereocenters. The van der Waals surface area contributed by atoms with E-state index in [1.54, 1.807) is 7.05 Å². The van der Waals surface area contributed by atoms with Crippen molar-refractivity contribution in [2.24, 2.45) is 5.73 Å². The van der Waals surface area contributed by atoms with Crippen LogP contribution in [0.25, 0.3) is 0 Å². The molecular formula is C64H91Cl2N7O. The molecule has 74 heavy (non-hydrogen) atoms. The van der Waals surface area contributed by atoms with Gasteiger partial charge in [0, 0.05) is 94.6 Å². The number of carbonyl (C=O) groups excluding carboxylic acids is 1. The highest BCUT2D eigenvalue weighted by atomic mass is 35.5. The van der Waals surface area contributed by atoms with Crippen LogP contribution < -0.4 is 36.0 Å². The summed E-state index contributed by atoms with van der Waals surface area (Å²) in [5.74, 6) is 0.111. The molecule has 0 radical (unpaired) electrons. The van der Waals surface area contributed by atoms with Crippen molar-refractivity contribution in [2.45, 2.75) is 106 Å². The van der Waals surface area contributed by atoms with Crippen molar-refractivity contribution in [3.8, 4) is 0 Å². The van der Waals surface area contributed by atoms with Crippen LogP contribution in [0.3, 0.4) is 0 Å². The Hall–Kier alpha value is -5.51. The van der Waals surface area contributed by atoms with Crippen molar-refractivity contribution in [2.75, 3.05) is 92.1 Å². The van der Waals surface area contributed by atoms with Crippen LogP contribution in [0.5, 0.6) is 0 Å². The van der Waals surface area contributed by atoms with E-state index in [4.69, 9.17) is 5.73 Å². The maximum absolute atomic E-state index is 11.1. The number of aryl methyl sites for hydroxylation is 4. The summed E-state index contributed by atoms with van der Waals surface area (Å²) in [6.45, 7) is 25.9. The first-order valence-electron chi connectivity index (χ1n) is 27.0. The van der Waals surface area contributed by atoms with E-state index in [9.17, 15) is 4.79 Å². The first-order valence-corrected chi connectivity index (χ1v) is 27.0. The summed E-state index contributed by atoms with van der Waals surface area (Å²) in [7, 11) is 1.68. The number of nitrogens with one attached hydrogen (secondary N) is 2. The molecule has 0 saturated carbocycles. The molecular weight excluding hydrogens is 954 g/mol. The van der Waals surface area contributed by atoms with Gasteiger partial charge in [0.15, 0.2) is 0 Å². The van der Waals surface area contributed by atoms with E-state index in [0.717, 1.165) is 45.6 Å². The molecule has 0 aliphatic carbocycles. The molecule has 4 heterocycles. The Morgan fingerprint density at radius 2 is 0.797 bits per heavy atom. The van der Waals surface area contributed by atoms with Crippen LogP contribution in [0.1, 0.15) is 91.0 Å². The number of amides is 1. The van der Waals surface area contributed by atoms with Gasteiger partial charge in [0.1, 0.15) is 0 Å². The van der Waals surface area contributed by atoms with Crippen molar-refractivity contribution in [1.29, 1.82) is 0 Å². The third-order valence-corrected chi connectivity index (χ3v) is 13.5. The Balaban J connectivity index is 0.000000237. The maximum Gasteiger partial charge on any atom is 0.221 e. The van der Waals surface area contributed by atoms with Gasteiger partial charge in [-0.15, -0.1) is 24.8 Å². The van der Waals surface area contributed by atoms with Gasteiger partial charge in [-0.2, -0.15) is 0 Å². The second-order valence-corrected chi connectivity index (χ2v) is 19.8. The molecule has 6 aromatic rings. The Bertz CT molecular complexity index is 2370. The average Bonchev–Trinajstić information content (AvgIpc) is 4.22. The predicted octanol–water partition coefficient (Wildman–Crippen LogP) is 12.9. The first kappa shape index (κ1) is 62.8. The molecule has 1 amide bonds. The largest absolute Gasteiger partial charge is 0.371 e. The Morgan fingerprint density at radius 3 is 1.11 bits per heavy atom. The molecule has 10 heteroatoms. The summed E-state index contributed by atoms with van der Waals surface area (Å²) in [6.07, 6.45) is 8.88. The lowest BCUT2D eigenvalue weighted by atomic mass is 10.2. The fourth-order valence-corrected chi connectivity index (χ4v) is 9.40. The summed E-state index contributed by atoms with van der Waals surface area (Å²) in [6, 6.07) is 52.2. The number of nitrogens with two attached hydrogens (primary N) is 1. The maximum atomic E-state index is 11.1. The highest BCUT2D eigenvalue weighted by Crippen LogP contribution is 2.30. The number of carbonyl (C=O) groups is 1. The normalized spacial score (nSPS) is 12.9. The highest BCUT2D eigenvalue weighted by Gasteiger charge is 2.20. The minimum Gasteiger partial charge on any atom is -0.371 e. The summed E-state index contributed by atoms with van der Waals surface area (Å²) in [4.78, 5) is 20.9.